The molecule has 0 radical (unpaired) electrons. The molecule has 2 aliphatic rings. The molecule has 1 saturated carbocycles. The van der Waals surface area contributed by atoms with Crippen molar-refractivity contribution in [2.45, 2.75) is 58.0 Å². The minimum atomic E-state index is 0.748. The second kappa shape index (κ2) is 5.31. The van der Waals surface area contributed by atoms with Crippen LogP contribution in [0.15, 0.2) is 0 Å². The van der Waals surface area contributed by atoms with E-state index < -0.39 is 0 Å². The lowest BCUT2D eigenvalue weighted by Crippen LogP contribution is -2.54. The second-order valence-electron chi connectivity index (χ2n) is 5.47. The van der Waals surface area contributed by atoms with Crippen LogP contribution in [0.25, 0.3) is 0 Å². The van der Waals surface area contributed by atoms with Crippen molar-refractivity contribution >= 4 is 0 Å². The standard InChI is InChI=1S/C13H26N2/c1-3-12-10-15(9-8-14-12)13-6-4-11(2)5-7-13/h11-14H,3-10H2,1-2H3. The fraction of sp³-hybridized carbons (Fsp3) is 1.00. The third-order valence-electron chi connectivity index (χ3n) is 4.28. The van der Waals surface area contributed by atoms with Crippen molar-refractivity contribution < 1.29 is 0 Å². The van der Waals surface area contributed by atoms with Gasteiger partial charge in [-0.3, -0.25) is 4.90 Å². The number of rotatable bonds is 2. The molecule has 2 heteroatoms. The van der Waals surface area contributed by atoms with Crippen LogP contribution in [0, 0.1) is 5.92 Å². The first kappa shape index (κ1) is 11.4. The smallest absolute Gasteiger partial charge is 0.0193 e. The van der Waals surface area contributed by atoms with E-state index in [2.05, 4.69) is 24.1 Å². The first-order valence-corrected chi connectivity index (χ1v) is 6.77. The van der Waals surface area contributed by atoms with Gasteiger partial charge in [-0.05, 0) is 38.0 Å². The predicted molar refractivity (Wildman–Crippen MR) is 65.1 cm³/mol. The van der Waals surface area contributed by atoms with Gasteiger partial charge in [-0.15, -0.1) is 0 Å². The molecule has 0 aromatic carbocycles. The Morgan fingerprint density at radius 2 is 1.93 bits per heavy atom. The molecule has 1 saturated heterocycles. The summed E-state index contributed by atoms with van der Waals surface area (Å²) < 4.78 is 0. The molecular weight excluding hydrogens is 184 g/mol. The van der Waals surface area contributed by atoms with Crippen LogP contribution in [0.1, 0.15) is 46.0 Å². The predicted octanol–water partition coefficient (Wildman–Crippen LogP) is 2.25. The van der Waals surface area contributed by atoms with E-state index in [0.717, 1.165) is 18.0 Å². The van der Waals surface area contributed by atoms with Gasteiger partial charge in [-0.2, -0.15) is 0 Å². The monoisotopic (exact) mass is 210 g/mol. The maximum atomic E-state index is 3.60. The molecule has 0 amide bonds. The molecule has 2 nitrogen and oxygen atoms in total. The van der Waals surface area contributed by atoms with Crippen molar-refractivity contribution in [2.75, 3.05) is 19.6 Å². The van der Waals surface area contributed by atoms with Gasteiger partial charge in [-0.25, -0.2) is 0 Å². The van der Waals surface area contributed by atoms with Crippen LogP contribution in [0.4, 0.5) is 0 Å². The van der Waals surface area contributed by atoms with Crippen molar-refractivity contribution in [3.05, 3.63) is 0 Å². The molecule has 0 spiro atoms. The Morgan fingerprint density at radius 3 is 2.60 bits per heavy atom. The lowest BCUT2D eigenvalue weighted by Gasteiger charge is -2.41. The number of hydrogen-bond acceptors (Lipinski definition) is 2. The minimum absolute atomic E-state index is 0.748. The molecule has 2 fully saturated rings. The molecular formula is C13H26N2. The van der Waals surface area contributed by atoms with Gasteiger partial charge < -0.3 is 5.32 Å². The quantitative estimate of drug-likeness (QED) is 0.752. The SMILES string of the molecule is CCC1CN(C2CCC(C)CC2)CCN1. The Labute approximate surface area is 94.4 Å². The van der Waals surface area contributed by atoms with Crippen molar-refractivity contribution in [3.8, 4) is 0 Å². The van der Waals surface area contributed by atoms with Gasteiger partial charge >= 0.3 is 0 Å². The maximum absolute atomic E-state index is 3.60. The molecule has 1 atom stereocenters. The normalized spacial score (nSPS) is 39.2. The number of hydrogen-bond donors (Lipinski definition) is 1. The van der Waals surface area contributed by atoms with Gasteiger partial charge in [0.15, 0.2) is 0 Å². The minimum Gasteiger partial charge on any atom is -0.311 e. The Morgan fingerprint density at radius 1 is 1.20 bits per heavy atom. The van der Waals surface area contributed by atoms with E-state index in [1.165, 1.54) is 51.7 Å². The van der Waals surface area contributed by atoms with E-state index in [1.54, 1.807) is 0 Å². The summed E-state index contributed by atoms with van der Waals surface area (Å²) >= 11 is 0. The van der Waals surface area contributed by atoms with Crippen LogP contribution in [-0.4, -0.2) is 36.6 Å². The Kier molecular flexibility index (Phi) is 4.04. The maximum Gasteiger partial charge on any atom is 0.0193 e. The van der Waals surface area contributed by atoms with E-state index in [-0.39, 0.29) is 0 Å². The second-order valence-corrected chi connectivity index (χ2v) is 5.47. The van der Waals surface area contributed by atoms with E-state index >= 15 is 0 Å². The topological polar surface area (TPSA) is 15.3 Å². The third-order valence-corrected chi connectivity index (χ3v) is 4.28. The van der Waals surface area contributed by atoms with Gasteiger partial charge in [0.05, 0.1) is 0 Å². The highest BCUT2D eigenvalue weighted by Crippen LogP contribution is 2.27. The Bertz CT molecular complexity index is 185. The highest BCUT2D eigenvalue weighted by atomic mass is 15.2. The molecule has 1 unspecified atom stereocenters. The van der Waals surface area contributed by atoms with E-state index in [4.69, 9.17) is 0 Å². The summed E-state index contributed by atoms with van der Waals surface area (Å²) in [6, 6.07) is 1.65. The summed E-state index contributed by atoms with van der Waals surface area (Å²) in [5.74, 6) is 0.978. The van der Waals surface area contributed by atoms with E-state index in [0.29, 0.717) is 0 Å². The van der Waals surface area contributed by atoms with Crippen LogP contribution >= 0.6 is 0 Å². The third kappa shape index (κ3) is 2.94. The molecule has 1 heterocycles. The van der Waals surface area contributed by atoms with Crippen LogP contribution < -0.4 is 5.32 Å². The molecule has 2 rings (SSSR count). The molecule has 0 bridgehead atoms. The van der Waals surface area contributed by atoms with Gasteiger partial charge in [0, 0.05) is 31.7 Å². The molecule has 1 N–H and O–H groups in total. The van der Waals surface area contributed by atoms with Crippen LogP contribution in [0.5, 0.6) is 0 Å². The van der Waals surface area contributed by atoms with Crippen LogP contribution in [0.2, 0.25) is 0 Å². The fourth-order valence-corrected chi connectivity index (χ4v) is 3.06. The summed E-state index contributed by atoms with van der Waals surface area (Å²) in [5, 5.41) is 3.60. The van der Waals surface area contributed by atoms with E-state index in [1.807, 2.05) is 0 Å². The highest BCUT2D eigenvalue weighted by Gasteiger charge is 2.27. The average molecular weight is 210 g/mol. The van der Waals surface area contributed by atoms with Crippen molar-refractivity contribution in [3.63, 3.8) is 0 Å². The zero-order chi connectivity index (χ0) is 10.7. The first-order chi connectivity index (χ1) is 7.29. The van der Waals surface area contributed by atoms with E-state index in [9.17, 15) is 0 Å². The molecule has 15 heavy (non-hydrogen) atoms. The van der Waals surface area contributed by atoms with Crippen LogP contribution in [0.3, 0.4) is 0 Å². The molecule has 0 aromatic rings. The summed E-state index contributed by atoms with van der Waals surface area (Å²) in [6.45, 7) is 8.46. The average Bonchev–Trinajstić information content (AvgIpc) is 2.30. The Balaban J connectivity index is 1.82. The summed E-state index contributed by atoms with van der Waals surface area (Å²) in [7, 11) is 0. The number of nitrogens with zero attached hydrogens (tertiary/aromatic N) is 1. The summed E-state index contributed by atoms with van der Waals surface area (Å²) in [5.41, 5.74) is 0. The molecule has 1 aliphatic heterocycles. The molecule has 0 aromatic heterocycles. The van der Waals surface area contributed by atoms with Crippen molar-refractivity contribution in [2.24, 2.45) is 5.92 Å². The van der Waals surface area contributed by atoms with Crippen molar-refractivity contribution in [1.82, 2.24) is 10.2 Å². The summed E-state index contributed by atoms with van der Waals surface area (Å²) in [4.78, 5) is 2.75. The number of nitrogens with one attached hydrogen (secondary N) is 1. The highest BCUT2D eigenvalue weighted by molar-refractivity contribution is 4.85. The van der Waals surface area contributed by atoms with Gasteiger partial charge in [0.2, 0.25) is 0 Å². The van der Waals surface area contributed by atoms with Gasteiger partial charge in [-0.1, -0.05) is 13.8 Å². The first-order valence-electron chi connectivity index (χ1n) is 6.77. The zero-order valence-corrected chi connectivity index (χ0v) is 10.3. The summed E-state index contributed by atoms with van der Waals surface area (Å²) in [6.07, 6.45) is 7.06. The number of piperazine rings is 1. The Hall–Kier alpha value is -0.0800. The zero-order valence-electron chi connectivity index (χ0n) is 10.3. The largest absolute Gasteiger partial charge is 0.311 e. The lowest BCUT2D eigenvalue weighted by atomic mass is 9.86. The molecule has 1 aliphatic carbocycles. The molecule has 88 valence electrons. The van der Waals surface area contributed by atoms with Gasteiger partial charge in [0.1, 0.15) is 0 Å². The van der Waals surface area contributed by atoms with Crippen molar-refractivity contribution in [1.29, 1.82) is 0 Å². The van der Waals surface area contributed by atoms with Gasteiger partial charge in [0.25, 0.3) is 0 Å². The lowest BCUT2D eigenvalue weighted by molar-refractivity contribution is 0.103. The fourth-order valence-electron chi connectivity index (χ4n) is 3.06. The van der Waals surface area contributed by atoms with Crippen LogP contribution in [-0.2, 0) is 0 Å².